The Kier molecular flexibility index (Phi) is 16.7. The van der Waals surface area contributed by atoms with Gasteiger partial charge in [0.2, 0.25) is 35.8 Å². The van der Waals surface area contributed by atoms with E-state index in [1.54, 1.807) is 32.3 Å². The average Bonchev–Trinajstić information content (AvgIpc) is 3.15. The lowest BCUT2D eigenvalue weighted by molar-refractivity contribution is -0.268. The second-order valence-electron chi connectivity index (χ2n) is 13.9. The summed E-state index contributed by atoms with van der Waals surface area (Å²) < 4.78 is 11.4. The van der Waals surface area contributed by atoms with Crippen molar-refractivity contribution in [3.63, 3.8) is 0 Å². The highest BCUT2D eigenvalue weighted by Crippen LogP contribution is 2.38. The zero-order chi connectivity index (χ0) is 42.7. The Bertz CT molecular complexity index is 1760. The van der Waals surface area contributed by atoms with E-state index in [9.17, 15) is 59.4 Å². The Labute approximate surface area is 328 Å². The standard InChI is InChI=1S/C37H52N6O14/c1-18(40-35(53)25(17-44)42(4)5)33(51)38-15-29(47)43(6)16-28(46)39-19(2)34(52)41-24(36(54)55)14-21-11-12-26(45)23(13-21)22-9-7-8-10-27(22)57-37-32(50)31(49)30(48)20(3)56-37/h7-13,18-20,24-25,30-32,37,44-45,48-50H,14-17H2,1-6H3,(H,38,51)(H,39,46)(H,40,53)(H,41,52)(H,54,55)/t18?,19?,20-,24?,25?,30-,31+,32+,37-/m1/s1. The topological polar surface area (TPSA) is 297 Å². The summed E-state index contributed by atoms with van der Waals surface area (Å²) in [6, 6.07) is 5.97. The number of nitrogens with one attached hydrogen (secondary N) is 4. The molecule has 10 N–H and O–H groups in total. The fourth-order valence-electron chi connectivity index (χ4n) is 5.65. The first-order valence-corrected chi connectivity index (χ1v) is 17.9. The van der Waals surface area contributed by atoms with E-state index < -0.39 is 110 Å². The maximum Gasteiger partial charge on any atom is 0.326 e. The van der Waals surface area contributed by atoms with Gasteiger partial charge in [-0.2, -0.15) is 0 Å². The molecule has 5 amide bonds. The smallest absolute Gasteiger partial charge is 0.326 e. The van der Waals surface area contributed by atoms with Crippen molar-refractivity contribution >= 4 is 35.5 Å². The van der Waals surface area contributed by atoms with Gasteiger partial charge in [-0.1, -0.05) is 24.3 Å². The van der Waals surface area contributed by atoms with Crippen molar-refractivity contribution in [2.75, 3.05) is 40.8 Å². The molecular formula is C37H52N6O14. The number of hydrogen-bond donors (Lipinski definition) is 10. The van der Waals surface area contributed by atoms with Crippen LogP contribution in [0.1, 0.15) is 26.3 Å². The lowest BCUT2D eigenvalue weighted by atomic mass is 9.97. The van der Waals surface area contributed by atoms with E-state index in [4.69, 9.17) is 9.47 Å². The van der Waals surface area contributed by atoms with Crippen molar-refractivity contribution in [2.24, 2.45) is 0 Å². The summed E-state index contributed by atoms with van der Waals surface area (Å²) in [4.78, 5) is 77.6. The van der Waals surface area contributed by atoms with Crippen LogP contribution in [-0.4, -0.2) is 172 Å². The summed E-state index contributed by atoms with van der Waals surface area (Å²) in [6.45, 7) is 2.69. The number of aliphatic carboxylic acids is 1. The summed E-state index contributed by atoms with van der Waals surface area (Å²) in [7, 11) is 4.45. The highest BCUT2D eigenvalue weighted by molar-refractivity contribution is 5.94. The van der Waals surface area contributed by atoms with Crippen LogP contribution in [0.5, 0.6) is 11.5 Å². The zero-order valence-electron chi connectivity index (χ0n) is 32.4. The molecule has 3 rings (SSSR count). The van der Waals surface area contributed by atoms with Crippen LogP contribution in [0.4, 0.5) is 0 Å². The molecule has 0 radical (unpaired) electrons. The fraction of sp³-hybridized carbons (Fsp3) is 0.514. The first-order valence-electron chi connectivity index (χ1n) is 17.9. The van der Waals surface area contributed by atoms with Gasteiger partial charge in [-0.15, -0.1) is 0 Å². The van der Waals surface area contributed by atoms with Crippen molar-refractivity contribution in [2.45, 2.75) is 82.1 Å². The molecule has 20 heteroatoms. The van der Waals surface area contributed by atoms with E-state index >= 15 is 0 Å². The molecule has 1 saturated heterocycles. The minimum absolute atomic E-state index is 0.128. The molecule has 2 aromatic rings. The van der Waals surface area contributed by atoms with E-state index in [1.165, 1.54) is 57.0 Å². The molecule has 1 heterocycles. The van der Waals surface area contributed by atoms with Gasteiger partial charge in [0.15, 0.2) is 0 Å². The Balaban J connectivity index is 1.58. The number of carbonyl (C=O) groups excluding carboxylic acids is 5. The van der Waals surface area contributed by atoms with Crippen LogP contribution in [0.2, 0.25) is 0 Å². The number of likely N-dealkylation sites (N-methyl/N-ethyl adjacent to an activating group) is 2. The maximum absolute atomic E-state index is 13.0. The minimum atomic E-state index is -1.60. The zero-order valence-corrected chi connectivity index (χ0v) is 32.4. The number of carboxylic acid groups (broad SMARTS) is 1. The molecule has 20 nitrogen and oxygen atoms in total. The van der Waals surface area contributed by atoms with Gasteiger partial charge in [0.25, 0.3) is 0 Å². The van der Waals surface area contributed by atoms with E-state index in [1.807, 2.05) is 0 Å². The molecule has 9 atom stereocenters. The number of ether oxygens (including phenoxy) is 2. The number of hydrogen-bond acceptors (Lipinski definition) is 14. The molecule has 314 valence electrons. The molecule has 57 heavy (non-hydrogen) atoms. The molecular weight excluding hydrogens is 752 g/mol. The Morgan fingerprint density at radius 2 is 1.49 bits per heavy atom. The molecule has 0 bridgehead atoms. The Morgan fingerprint density at radius 1 is 0.842 bits per heavy atom. The number of carboxylic acids is 1. The third-order valence-electron chi connectivity index (χ3n) is 9.19. The molecule has 0 aromatic heterocycles. The highest BCUT2D eigenvalue weighted by Gasteiger charge is 2.43. The highest BCUT2D eigenvalue weighted by atomic mass is 16.7. The van der Waals surface area contributed by atoms with Crippen molar-refractivity contribution in [3.05, 3.63) is 48.0 Å². The lowest BCUT2D eigenvalue weighted by Crippen LogP contribution is -2.58. The number of aromatic hydroxyl groups is 1. The largest absolute Gasteiger partial charge is 0.507 e. The predicted octanol–water partition coefficient (Wildman–Crippen LogP) is -3.12. The molecule has 4 unspecified atom stereocenters. The van der Waals surface area contributed by atoms with Gasteiger partial charge in [-0.05, 0) is 58.6 Å². The van der Waals surface area contributed by atoms with Crippen molar-refractivity contribution in [1.82, 2.24) is 31.1 Å². The normalized spacial score (nSPS) is 21.3. The number of para-hydroxylation sites is 1. The Morgan fingerprint density at radius 3 is 2.12 bits per heavy atom. The van der Waals surface area contributed by atoms with E-state index in [2.05, 4.69) is 21.3 Å². The van der Waals surface area contributed by atoms with Crippen LogP contribution in [0.3, 0.4) is 0 Å². The molecule has 1 aliphatic heterocycles. The lowest BCUT2D eigenvalue weighted by Gasteiger charge is -2.39. The van der Waals surface area contributed by atoms with Crippen molar-refractivity contribution < 1.29 is 68.9 Å². The van der Waals surface area contributed by atoms with Gasteiger partial charge in [0.05, 0.1) is 25.8 Å². The number of rotatable bonds is 18. The molecule has 0 spiro atoms. The Hall–Kier alpha value is -5.38. The number of aliphatic hydroxyl groups is 4. The summed E-state index contributed by atoms with van der Waals surface area (Å²) in [5.74, 6) is -5.04. The number of aliphatic hydroxyl groups excluding tert-OH is 4. The number of nitrogens with zero attached hydrogens (tertiary/aromatic N) is 2. The second kappa shape index (κ2) is 20.7. The molecule has 1 fully saturated rings. The van der Waals surface area contributed by atoms with Crippen molar-refractivity contribution in [1.29, 1.82) is 0 Å². The third kappa shape index (κ3) is 12.6. The van der Waals surface area contributed by atoms with Gasteiger partial charge < -0.3 is 66.3 Å². The number of carbonyl (C=O) groups is 6. The van der Waals surface area contributed by atoms with Crippen LogP contribution in [0.25, 0.3) is 11.1 Å². The van der Waals surface area contributed by atoms with E-state index in [0.717, 1.165) is 4.90 Å². The first kappa shape index (κ1) is 46.0. The number of phenolic OH excluding ortho intramolecular Hbond substituents is 1. The van der Waals surface area contributed by atoms with E-state index in [-0.39, 0.29) is 23.5 Å². The van der Waals surface area contributed by atoms with Crippen LogP contribution >= 0.6 is 0 Å². The summed E-state index contributed by atoms with van der Waals surface area (Å²) in [5, 5.41) is 70.3. The van der Waals surface area contributed by atoms with Gasteiger partial charge in [0, 0.05) is 24.6 Å². The molecule has 0 aliphatic carbocycles. The first-order chi connectivity index (χ1) is 26.7. The number of amides is 5. The van der Waals surface area contributed by atoms with Crippen LogP contribution in [-0.2, 0) is 39.9 Å². The molecule has 2 aromatic carbocycles. The average molecular weight is 805 g/mol. The van der Waals surface area contributed by atoms with Crippen LogP contribution in [0, 0.1) is 0 Å². The predicted molar refractivity (Wildman–Crippen MR) is 200 cm³/mol. The maximum atomic E-state index is 13.0. The monoisotopic (exact) mass is 804 g/mol. The second-order valence-corrected chi connectivity index (χ2v) is 13.9. The van der Waals surface area contributed by atoms with E-state index in [0.29, 0.717) is 11.1 Å². The molecule has 1 aliphatic rings. The van der Waals surface area contributed by atoms with Gasteiger partial charge in [-0.3, -0.25) is 28.9 Å². The SMILES string of the molecule is CC(NC(=O)CN(C)C(=O)CNC(=O)C(C)NC(=O)C(CO)N(C)C)C(=O)NC(Cc1ccc(O)c(-c2ccccc2O[C@H]2O[C@H](C)[C@@H](O)[C@H](O)[C@@H]2O)c1)C(=O)O. The van der Waals surface area contributed by atoms with Gasteiger partial charge in [0.1, 0.15) is 54.0 Å². The van der Waals surface area contributed by atoms with Gasteiger partial charge in [-0.25, -0.2) is 4.79 Å². The quantitative estimate of drug-likeness (QED) is 0.0714. The fourth-order valence-corrected chi connectivity index (χ4v) is 5.65. The summed E-state index contributed by atoms with van der Waals surface area (Å²) >= 11 is 0. The third-order valence-corrected chi connectivity index (χ3v) is 9.19. The van der Waals surface area contributed by atoms with Crippen LogP contribution < -0.4 is 26.0 Å². The minimum Gasteiger partial charge on any atom is -0.507 e. The number of benzene rings is 2. The summed E-state index contributed by atoms with van der Waals surface area (Å²) in [6.07, 6.45) is -7.01. The van der Waals surface area contributed by atoms with Crippen LogP contribution in [0.15, 0.2) is 42.5 Å². The van der Waals surface area contributed by atoms with Crippen molar-refractivity contribution in [3.8, 4) is 22.6 Å². The summed E-state index contributed by atoms with van der Waals surface area (Å²) in [5.41, 5.74) is 0.887. The number of phenols is 1. The molecule has 0 saturated carbocycles. The van der Waals surface area contributed by atoms with Gasteiger partial charge >= 0.3 is 5.97 Å².